The molecule has 3 aromatic rings. The minimum atomic E-state index is -0.492. The van der Waals surface area contributed by atoms with Gasteiger partial charge < -0.3 is 10.1 Å². The highest BCUT2D eigenvalue weighted by Crippen LogP contribution is 2.27. The van der Waals surface area contributed by atoms with E-state index in [0.717, 1.165) is 4.70 Å². The van der Waals surface area contributed by atoms with E-state index < -0.39 is 11.9 Å². The van der Waals surface area contributed by atoms with Gasteiger partial charge in [-0.3, -0.25) is 10.1 Å². The Kier molecular flexibility index (Phi) is 5.91. The number of anilines is 1. The van der Waals surface area contributed by atoms with Gasteiger partial charge in [0.15, 0.2) is 10.2 Å². The van der Waals surface area contributed by atoms with Gasteiger partial charge in [-0.15, -0.1) is 0 Å². The van der Waals surface area contributed by atoms with Crippen molar-refractivity contribution in [1.82, 2.24) is 10.3 Å². The molecular weight excluding hydrogens is 429 g/mol. The lowest BCUT2D eigenvalue weighted by Gasteiger charge is -2.08. The fourth-order valence-electron chi connectivity index (χ4n) is 2.20. The van der Waals surface area contributed by atoms with Crippen LogP contribution in [0.3, 0.4) is 0 Å². The van der Waals surface area contributed by atoms with Crippen molar-refractivity contribution in [1.29, 1.82) is 0 Å². The molecule has 1 amide bonds. The van der Waals surface area contributed by atoms with Gasteiger partial charge in [0.2, 0.25) is 0 Å². The molecule has 10 heteroatoms. The van der Waals surface area contributed by atoms with Gasteiger partial charge in [-0.25, -0.2) is 9.78 Å². The Morgan fingerprint density at radius 1 is 1.22 bits per heavy atom. The molecule has 2 aromatic carbocycles. The van der Waals surface area contributed by atoms with E-state index >= 15 is 0 Å². The van der Waals surface area contributed by atoms with Crippen molar-refractivity contribution in [2.45, 2.75) is 0 Å². The zero-order valence-electron chi connectivity index (χ0n) is 13.7. The van der Waals surface area contributed by atoms with E-state index in [1.54, 1.807) is 30.3 Å². The Bertz CT molecular complexity index is 1070. The average molecular weight is 440 g/mol. The SMILES string of the molecule is COC(=O)c1ccc2nc(NC(=S)NC(=O)c3cccc(Cl)c3Cl)sc2c1. The maximum atomic E-state index is 12.3. The quantitative estimate of drug-likeness (QED) is 0.461. The Labute approximate surface area is 173 Å². The number of aromatic nitrogens is 1. The van der Waals surface area contributed by atoms with E-state index in [9.17, 15) is 9.59 Å². The van der Waals surface area contributed by atoms with Crippen molar-refractivity contribution in [2.24, 2.45) is 0 Å². The van der Waals surface area contributed by atoms with Crippen LogP contribution in [0.2, 0.25) is 10.0 Å². The Hall–Kier alpha value is -2.26. The van der Waals surface area contributed by atoms with Crippen LogP contribution in [0.25, 0.3) is 10.2 Å². The Balaban J connectivity index is 1.73. The molecule has 0 saturated heterocycles. The summed E-state index contributed by atoms with van der Waals surface area (Å²) >= 11 is 18.4. The number of benzene rings is 2. The molecule has 6 nitrogen and oxygen atoms in total. The number of carbonyl (C=O) groups is 2. The molecule has 27 heavy (non-hydrogen) atoms. The molecule has 0 bridgehead atoms. The van der Waals surface area contributed by atoms with Crippen LogP contribution < -0.4 is 10.6 Å². The predicted octanol–water partition coefficient (Wildman–Crippen LogP) is 4.52. The van der Waals surface area contributed by atoms with Crippen LogP contribution in [-0.2, 0) is 4.74 Å². The van der Waals surface area contributed by atoms with Crippen LogP contribution in [-0.4, -0.2) is 29.1 Å². The Morgan fingerprint density at radius 3 is 2.74 bits per heavy atom. The summed E-state index contributed by atoms with van der Waals surface area (Å²) in [5.74, 6) is -0.921. The summed E-state index contributed by atoms with van der Waals surface area (Å²) < 4.78 is 5.47. The van der Waals surface area contributed by atoms with Gasteiger partial charge in [0, 0.05) is 0 Å². The van der Waals surface area contributed by atoms with Crippen molar-refractivity contribution < 1.29 is 14.3 Å². The summed E-state index contributed by atoms with van der Waals surface area (Å²) in [5, 5.41) is 6.32. The van der Waals surface area contributed by atoms with E-state index in [1.165, 1.54) is 24.5 Å². The lowest BCUT2D eigenvalue weighted by Crippen LogP contribution is -2.34. The van der Waals surface area contributed by atoms with E-state index in [2.05, 4.69) is 15.6 Å². The number of amides is 1. The number of esters is 1. The highest BCUT2D eigenvalue weighted by molar-refractivity contribution is 7.80. The number of fused-ring (bicyclic) bond motifs is 1. The van der Waals surface area contributed by atoms with Crippen LogP contribution in [0.15, 0.2) is 36.4 Å². The van der Waals surface area contributed by atoms with E-state index in [4.69, 9.17) is 40.2 Å². The van der Waals surface area contributed by atoms with Crippen molar-refractivity contribution in [3.05, 3.63) is 57.6 Å². The number of rotatable bonds is 3. The van der Waals surface area contributed by atoms with Crippen molar-refractivity contribution in [3.63, 3.8) is 0 Å². The smallest absolute Gasteiger partial charge is 0.337 e. The number of hydrogen-bond donors (Lipinski definition) is 2. The first kappa shape index (κ1) is 19.5. The standard InChI is InChI=1S/C17H11Cl2N3O3S2/c1-25-15(24)8-5-6-11-12(7-8)27-17(20-11)22-16(26)21-14(23)9-3-2-4-10(18)13(9)19/h2-7H,1H3,(H2,20,21,22,23,26). The number of nitrogens with one attached hydrogen (secondary N) is 2. The fourth-order valence-corrected chi connectivity index (χ4v) is 3.75. The summed E-state index contributed by atoms with van der Waals surface area (Å²) in [5.41, 5.74) is 1.31. The number of ether oxygens (including phenoxy) is 1. The summed E-state index contributed by atoms with van der Waals surface area (Å²) in [6.45, 7) is 0. The number of carbonyl (C=O) groups excluding carboxylic acids is 2. The first-order chi connectivity index (χ1) is 12.9. The molecule has 0 fully saturated rings. The maximum absolute atomic E-state index is 12.3. The zero-order chi connectivity index (χ0) is 19.6. The summed E-state index contributed by atoms with van der Waals surface area (Å²) in [7, 11) is 1.32. The number of halogens is 2. The minimum Gasteiger partial charge on any atom is -0.465 e. The number of thiazole rings is 1. The fraction of sp³-hybridized carbons (Fsp3) is 0.0588. The monoisotopic (exact) mass is 439 g/mol. The third kappa shape index (κ3) is 4.36. The summed E-state index contributed by atoms with van der Waals surface area (Å²) in [4.78, 5) is 28.3. The first-order valence-corrected chi connectivity index (χ1v) is 9.42. The molecule has 0 spiro atoms. The van der Waals surface area contributed by atoms with E-state index in [0.29, 0.717) is 16.2 Å². The predicted molar refractivity (Wildman–Crippen MR) is 111 cm³/mol. The average Bonchev–Trinajstić information content (AvgIpc) is 3.04. The molecule has 3 rings (SSSR count). The number of thiocarbonyl (C=S) groups is 1. The van der Waals surface area contributed by atoms with E-state index in [1.807, 2.05) is 0 Å². The molecule has 0 aliphatic carbocycles. The highest BCUT2D eigenvalue weighted by atomic mass is 35.5. The van der Waals surface area contributed by atoms with Crippen molar-refractivity contribution in [2.75, 3.05) is 12.4 Å². The summed E-state index contributed by atoms with van der Waals surface area (Å²) in [6, 6.07) is 9.75. The van der Waals surface area contributed by atoms with Crippen LogP contribution >= 0.6 is 46.8 Å². The van der Waals surface area contributed by atoms with Crippen LogP contribution in [0.4, 0.5) is 5.13 Å². The number of nitrogens with zero attached hydrogens (tertiary/aromatic N) is 1. The normalized spacial score (nSPS) is 10.5. The molecule has 1 aromatic heterocycles. The minimum absolute atomic E-state index is 0.0586. The number of methoxy groups -OCH3 is 1. The third-order valence-electron chi connectivity index (χ3n) is 3.45. The molecule has 0 radical (unpaired) electrons. The van der Waals surface area contributed by atoms with Gasteiger partial charge in [0.25, 0.3) is 5.91 Å². The van der Waals surface area contributed by atoms with Crippen LogP contribution in [0.5, 0.6) is 0 Å². The van der Waals surface area contributed by atoms with Gasteiger partial charge in [0.1, 0.15) is 0 Å². The van der Waals surface area contributed by atoms with Crippen LogP contribution in [0, 0.1) is 0 Å². The Morgan fingerprint density at radius 2 is 2.00 bits per heavy atom. The second-order valence-corrected chi connectivity index (χ2v) is 7.43. The van der Waals surface area contributed by atoms with Crippen molar-refractivity contribution >= 4 is 79.1 Å². The topological polar surface area (TPSA) is 80.3 Å². The molecule has 0 unspecified atom stereocenters. The van der Waals surface area contributed by atoms with E-state index in [-0.39, 0.29) is 20.7 Å². The van der Waals surface area contributed by atoms with Gasteiger partial charge in [-0.2, -0.15) is 0 Å². The van der Waals surface area contributed by atoms with Gasteiger partial charge >= 0.3 is 5.97 Å². The maximum Gasteiger partial charge on any atom is 0.337 e. The molecular formula is C17H11Cl2N3O3S2. The molecule has 0 aliphatic rings. The van der Waals surface area contributed by atoms with Crippen LogP contribution in [0.1, 0.15) is 20.7 Å². The number of hydrogen-bond acceptors (Lipinski definition) is 6. The molecule has 0 atom stereocenters. The van der Waals surface area contributed by atoms with Crippen molar-refractivity contribution in [3.8, 4) is 0 Å². The third-order valence-corrected chi connectivity index (χ3v) is 5.41. The molecule has 0 saturated carbocycles. The highest BCUT2D eigenvalue weighted by Gasteiger charge is 2.15. The second kappa shape index (κ2) is 8.18. The van der Waals surface area contributed by atoms with Gasteiger partial charge in [-0.05, 0) is 42.5 Å². The lowest BCUT2D eigenvalue weighted by molar-refractivity contribution is 0.0601. The molecule has 2 N–H and O–H groups in total. The summed E-state index contributed by atoms with van der Waals surface area (Å²) in [6.07, 6.45) is 0. The first-order valence-electron chi connectivity index (χ1n) is 7.44. The second-order valence-electron chi connectivity index (χ2n) is 5.20. The lowest BCUT2D eigenvalue weighted by atomic mass is 10.2. The van der Waals surface area contributed by atoms with Gasteiger partial charge in [0.05, 0.1) is 38.5 Å². The van der Waals surface area contributed by atoms with Gasteiger partial charge in [-0.1, -0.05) is 40.6 Å². The zero-order valence-corrected chi connectivity index (χ0v) is 16.9. The largest absolute Gasteiger partial charge is 0.465 e. The molecule has 1 heterocycles. The molecule has 138 valence electrons. The molecule has 0 aliphatic heterocycles.